The van der Waals surface area contributed by atoms with Crippen LogP contribution in [0.4, 0.5) is 0 Å². The van der Waals surface area contributed by atoms with Gasteiger partial charge in [0.1, 0.15) is 0 Å². The van der Waals surface area contributed by atoms with Gasteiger partial charge in [-0.15, -0.1) is 0 Å². The SMILES string of the molecule is C/C(=C/c1ccccc1)C(=O)N[C@@H]1CCSC1=O. The fourth-order valence-electron chi connectivity index (χ4n) is 1.76. The number of nitrogens with one attached hydrogen (secondary N) is 1. The van der Waals surface area contributed by atoms with E-state index in [9.17, 15) is 9.59 Å². The van der Waals surface area contributed by atoms with E-state index in [1.54, 1.807) is 6.92 Å². The van der Waals surface area contributed by atoms with Crippen molar-refractivity contribution in [3.63, 3.8) is 0 Å². The Labute approximate surface area is 111 Å². The molecule has 1 amide bonds. The third-order valence-electron chi connectivity index (χ3n) is 2.78. The summed E-state index contributed by atoms with van der Waals surface area (Å²) in [7, 11) is 0. The minimum absolute atomic E-state index is 0.0656. The van der Waals surface area contributed by atoms with Crippen LogP contribution in [0.25, 0.3) is 6.08 Å². The van der Waals surface area contributed by atoms with E-state index in [1.165, 1.54) is 11.8 Å². The van der Waals surface area contributed by atoms with Gasteiger partial charge in [0.2, 0.25) is 11.0 Å². The van der Waals surface area contributed by atoms with Crippen molar-refractivity contribution < 1.29 is 9.59 Å². The highest BCUT2D eigenvalue weighted by Crippen LogP contribution is 2.19. The number of thioether (sulfide) groups is 1. The van der Waals surface area contributed by atoms with E-state index in [0.717, 1.165) is 17.7 Å². The molecule has 3 nitrogen and oxygen atoms in total. The predicted molar refractivity (Wildman–Crippen MR) is 74.1 cm³/mol. The maximum absolute atomic E-state index is 11.9. The minimum Gasteiger partial charge on any atom is -0.342 e. The first-order valence-corrected chi connectivity index (χ1v) is 6.86. The molecule has 1 aromatic rings. The van der Waals surface area contributed by atoms with Gasteiger partial charge < -0.3 is 5.32 Å². The number of amides is 1. The van der Waals surface area contributed by atoms with Gasteiger partial charge in [0, 0.05) is 11.3 Å². The summed E-state index contributed by atoms with van der Waals surface area (Å²) in [5, 5.41) is 2.84. The average Bonchev–Trinajstić information content (AvgIpc) is 2.76. The Bertz CT molecular complexity index is 482. The molecule has 0 bridgehead atoms. The average molecular weight is 261 g/mol. The summed E-state index contributed by atoms with van der Waals surface area (Å²) in [5.41, 5.74) is 1.60. The van der Waals surface area contributed by atoms with Crippen LogP contribution in [-0.2, 0) is 9.59 Å². The third kappa shape index (κ3) is 3.23. The van der Waals surface area contributed by atoms with Crippen LogP contribution in [0.1, 0.15) is 18.9 Å². The first-order valence-electron chi connectivity index (χ1n) is 5.87. The molecule has 1 aliphatic rings. The number of carbonyl (C=O) groups excluding carboxylic acids is 2. The summed E-state index contributed by atoms with van der Waals surface area (Å²) in [6.07, 6.45) is 2.55. The Morgan fingerprint density at radius 1 is 1.39 bits per heavy atom. The molecule has 1 atom stereocenters. The molecule has 1 aliphatic heterocycles. The van der Waals surface area contributed by atoms with Crippen molar-refractivity contribution >= 4 is 28.9 Å². The van der Waals surface area contributed by atoms with Crippen LogP contribution >= 0.6 is 11.8 Å². The van der Waals surface area contributed by atoms with Crippen LogP contribution in [0.5, 0.6) is 0 Å². The Kier molecular flexibility index (Phi) is 4.20. The number of hydrogen-bond acceptors (Lipinski definition) is 3. The minimum atomic E-state index is -0.318. The molecule has 2 rings (SSSR count). The summed E-state index contributed by atoms with van der Waals surface area (Å²) >= 11 is 1.29. The van der Waals surface area contributed by atoms with Gasteiger partial charge in [0.05, 0.1) is 6.04 Å². The van der Waals surface area contributed by atoms with Gasteiger partial charge in [-0.1, -0.05) is 42.1 Å². The Morgan fingerprint density at radius 3 is 2.72 bits per heavy atom. The van der Waals surface area contributed by atoms with E-state index in [2.05, 4.69) is 5.32 Å². The first-order chi connectivity index (χ1) is 8.66. The lowest BCUT2D eigenvalue weighted by atomic mass is 10.1. The summed E-state index contributed by atoms with van der Waals surface area (Å²) in [6, 6.07) is 9.34. The van der Waals surface area contributed by atoms with E-state index in [0.29, 0.717) is 5.57 Å². The van der Waals surface area contributed by atoms with Gasteiger partial charge in [-0.2, -0.15) is 0 Å². The fourth-order valence-corrected chi connectivity index (χ4v) is 2.70. The number of carbonyl (C=O) groups is 2. The summed E-state index contributed by atoms with van der Waals surface area (Å²) in [6.45, 7) is 1.76. The molecule has 0 saturated carbocycles. The smallest absolute Gasteiger partial charge is 0.247 e. The van der Waals surface area contributed by atoms with E-state index in [4.69, 9.17) is 0 Å². The van der Waals surface area contributed by atoms with Crippen LogP contribution in [0, 0.1) is 0 Å². The second-order valence-corrected chi connectivity index (χ2v) is 5.32. The molecule has 1 N–H and O–H groups in total. The zero-order valence-electron chi connectivity index (χ0n) is 10.2. The van der Waals surface area contributed by atoms with Crippen molar-refractivity contribution in [2.24, 2.45) is 0 Å². The van der Waals surface area contributed by atoms with Gasteiger partial charge in [-0.05, 0) is 25.0 Å². The zero-order valence-corrected chi connectivity index (χ0v) is 11.0. The largest absolute Gasteiger partial charge is 0.342 e. The molecule has 1 fully saturated rings. The van der Waals surface area contributed by atoms with Crippen molar-refractivity contribution in [3.8, 4) is 0 Å². The molecule has 0 aromatic heterocycles. The Morgan fingerprint density at radius 2 is 2.11 bits per heavy atom. The lowest BCUT2D eigenvalue weighted by Crippen LogP contribution is -2.37. The van der Waals surface area contributed by atoms with E-state index in [1.807, 2.05) is 36.4 Å². The molecule has 18 heavy (non-hydrogen) atoms. The van der Waals surface area contributed by atoms with Crippen LogP contribution in [0.15, 0.2) is 35.9 Å². The van der Waals surface area contributed by atoms with E-state index in [-0.39, 0.29) is 17.1 Å². The highest BCUT2D eigenvalue weighted by atomic mass is 32.2. The van der Waals surface area contributed by atoms with Crippen molar-refractivity contribution in [2.75, 3.05) is 5.75 Å². The summed E-state index contributed by atoms with van der Waals surface area (Å²) in [4.78, 5) is 23.3. The second kappa shape index (κ2) is 5.87. The van der Waals surface area contributed by atoms with Crippen molar-refractivity contribution in [2.45, 2.75) is 19.4 Å². The maximum Gasteiger partial charge on any atom is 0.247 e. The molecule has 0 radical (unpaired) electrons. The lowest BCUT2D eigenvalue weighted by Gasteiger charge is -2.10. The fraction of sp³-hybridized carbons (Fsp3) is 0.286. The molecule has 1 aromatic carbocycles. The van der Waals surface area contributed by atoms with Gasteiger partial charge >= 0.3 is 0 Å². The van der Waals surface area contributed by atoms with Gasteiger partial charge in [-0.3, -0.25) is 9.59 Å². The Hall–Kier alpha value is -1.55. The first kappa shape index (κ1) is 12.9. The highest BCUT2D eigenvalue weighted by Gasteiger charge is 2.26. The zero-order chi connectivity index (χ0) is 13.0. The Balaban J connectivity index is 2.00. The molecular formula is C14H15NO2S. The van der Waals surface area contributed by atoms with Gasteiger partial charge in [-0.25, -0.2) is 0 Å². The normalized spacial score (nSPS) is 19.9. The van der Waals surface area contributed by atoms with Crippen LogP contribution in [-0.4, -0.2) is 22.8 Å². The lowest BCUT2D eigenvalue weighted by molar-refractivity contribution is -0.121. The van der Waals surface area contributed by atoms with Gasteiger partial charge in [0.25, 0.3) is 0 Å². The summed E-state index contributed by atoms with van der Waals surface area (Å²) < 4.78 is 0. The molecule has 4 heteroatoms. The molecule has 1 saturated heterocycles. The number of rotatable bonds is 3. The van der Waals surface area contributed by atoms with E-state index < -0.39 is 0 Å². The van der Waals surface area contributed by atoms with Crippen molar-refractivity contribution in [1.82, 2.24) is 5.32 Å². The van der Waals surface area contributed by atoms with Crippen LogP contribution in [0.2, 0.25) is 0 Å². The number of hydrogen-bond donors (Lipinski definition) is 1. The second-order valence-electron chi connectivity index (χ2n) is 4.22. The third-order valence-corrected chi connectivity index (χ3v) is 3.79. The van der Waals surface area contributed by atoms with Crippen molar-refractivity contribution in [1.29, 1.82) is 0 Å². The predicted octanol–water partition coefficient (Wildman–Crippen LogP) is 2.24. The molecule has 1 heterocycles. The quantitative estimate of drug-likeness (QED) is 0.849. The van der Waals surface area contributed by atoms with E-state index >= 15 is 0 Å². The molecule has 0 unspecified atom stereocenters. The van der Waals surface area contributed by atoms with Crippen LogP contribution in [0.3, 0.4) is 0 Å². The van der Waals surface area contributed by atoms with Gasteiger partial charge in [0.15, 0.2) is 0 Å². The monoisotopic (exact) mass is 261 g/mol. The molecule has 0 spiro atoms. The van der Waals surface area contributed by atoms with Crippen LogP contribution < -0.4 is 5.32 Å². The topological polar surface area (TPSA) is 46.2 Å². The molecular weight excluding hydrogens is 246 g/mol. The summed E-state index contributed by atoms with van der Waals surface area (Å²) in [5.74, 6) is 0.630. The molecule has 0 aliphatic carbocycles. The van der Waals surface area contributed by atoms with Crippen molar-refractivity contribution in [3.05, 3.63) is 41.5 Å². The number of benzene rings is 1. The standard InChI is InChI=1S/C14H15NO2S/c1-10(9-11-5-3-2-4-6-11)13(16)15-12-7-8-18-14(12)17/h2-6,9,12H,7-8H2,1H3,(H,15,16)/b10-9-/t12-/m1/s1. The molecule has 94 valence electrons. The highest BCUT2D eigenvalue weighted by molar-refractivity contribution is 8.14. The maximum atomic E-state index is 11.9.